The van der Waals surface area contributed by atoms with Crippen molar-refractivity contribution < 1.29 is 4.79 Å². The third-order valence-corrected chi connectivity index (χ3v) is 4.20. The minimum atomic E-state index is -0.0961. The molecule has 1 aliphatic heterocycles. The molecular weight excluding hydrogens is 260 g/mol. The standard InChI is InChI=1S/C18H28N2O/c1-3-4-5-6-11-19-14(2)18(21)16-9-10-17-15(13-16)8-7-12-20-17/h9-10,13-14,19-20H,3-8,11-12H2,1-2H3. The van der Waals surface area contributed by atoms with Crippen molar-refractivity contribution >= 4 is 11.5 Å². The Morgan fingerprint density at radius 3 is 3.00 bits per heavy atom. The van der Waals surface area contributed by atoms with Crippen LogP contribution in [0.4, 0.5) is 5.69 Å². The predicted octanol–water partition coefficient (Wildman–Crippen LogP) is 3.79. The average molecular weight is 288 g/mol. The van der Waals surface area contributed by atoms with E-state index < -0.39 is 0 Å². The number of nitrogens with one attached hydrogen (secondary N) is 2. The maximum absolute atomic E-state index is 12.5. The van der Waals surface area contributed by atoms with Crippen molar-refractivity contribution in [1.82, 2.24) is 5.32 Å². The van der Waals surface area contributed by atoms with Crippen LogP contribution in [-0.2, 0) is 6.42 Å². The fraction of sp³-hybridized carbons (Fsp3) is 0.611. The van der Waals surface area contributed by atoms with E-state index in [1.54, 1.807) is 0 Å². The van der Waals surface area contributed by atoms with Crippen molar-refractivity contribution in [3.63, 3.8) is 0 Å². The molecule has 0 amide bonds. The van der Waals surface area contributed by atoms with Crippen LogP contribution in [0.5, 0.6) is 0 Å². The molecule has 0 saturated carbocycles. The zero-order valence-corrected chi connectivity index (χ0v) is 13.4. The minimum Gasteiger partial charge on any atom is -0.385 e. The molecule has 3 heteroatoms. The predicted molar refractivity (Wildman–Crippen MR) is 89.2 cm³/mol. The molecule has 0 spiro atoms. The lowest BCUT2D eigenvalue weighted by Crippen LogP contribution is -2.34. The molecule has 1 atom stereocenters. The normalized spacial score (nSPS) is 15.1. The molecule has 0 fully saturated rings. The number of benzene rings is 1. The smallest absolute Gasteiger partial charge is 0.179 e. The van der Waals surface area contributed by atoms with Gasteiger partial charge in [0.05, 0.1) is 6.04 Å². The number of ketones is 1. The van der Waals surface area contributed by atoms with Gasteiger partial charge in [0.25, 0.3) is 0 Å². The lowest BCUT2D eigenvalue weighted by Gasteiger charge is -2.19. The van der Waals surface area contributed by atoms with Crippen LogP contribution in [0.25, 0.3) is 0 Å². The van der Waals surface area contributed by atoms with Gasteiger partial charge < -0.3 is 10.6 Å². The van der Waals surface area contributed by atoms with Crippen LogP contribution in [0.1, 0.15) is 61.9 Å². The van der Waals surface area contributed by atoms with Crippen LogP contribution in [0.15, 0.2) is 18.2 Å². The summed E-state index contributed by atoms with van der Waals surface area (Å²) in [7, 11) is 0. The number of rotatable bonds is 8. The molecule has 1 heterocycles. The van der Waals surface area contributed by atoms with Crippen molar-refractivity contribution in [3.05, 3.63) is 29.3 Å². The Bertz CT molecular complexity index is 470. The second kappa shape index (κ2) is 8.18. The highest BCUT2D eigenvalue weighted by Gasteiger charge is 2.17. The minimum absolute atomic E-state index is 0.0961. The van der Waals surface area contributed by atoms with Crippen molar-refractivity contribution in [2.24, 2.45) is 0 Å². The molecule has 0 aliphatic carbocycles. The summed E-state index contributed by atoms with van der Waals surface area (Å²) in [5.41, 5.74) is 3.31. The number of carbonyl (C=O) groups excluding carboxylic acids is 1. The van der Waals surface area contributed by atoms with Gasteiger partial charge in [-0.25, -0.2) is 0 Å². The summed E-state index contributed by atoms with van der Waals surface area (Å²) < 4.78 is 0. The average Bonchev–Trinajstić information content (AvgIpc) is 2.53. The molecule has 1 aliphatic rings. The number of fused-ring (bicyclic) bond motifs is 1. The van der Waals surface area contributed by atoms with E-state index in [4.69, 9.17) is 0 Å². The van der Waals surface area contributed by atoms with Gasteiger partial charge >= 0.3 is 0 Å². The molecule has 1 aromatic carbocycles. The zero-order chi connectivity index (χ0) is 15.1. The van der Waals surface area contributed by atoms with Crippen LogP contribution in [0.3, 0.4) is 0 Å². The van der Waals surface area contributed by atoms with Gasteiger partial charge in [-0.15, -0.1) is 0 Å². The number of unbranched alkanes of at least 4 members (excludes halogenated alkanes) is 3. The van der Waals surface area contributed by atoms with Crippen molar-refractivity contribution in [2.45, 2.75) is 58.4 Å². The van der Waals surface area contributed by atoms with E-state index >= 15 is 0 Å². The number of hydrogen-bond donors (Lipinski definition) is 2. The van der Waals surface area contributed by atoms with Gasteiger partial charge in [0.15, 0.2) is 5.78 Å². The first-order valence-electron chi connectivity index (χ1n) is 8.36. The molecule has 3 nitrogen and oxygen atoms in total. The number of aryl methyl sites for hydroxylation is 1. The Balaban J connectivity index is 1.87. The largest absolute Gasteiger partial charge is 0.385 e. The molecule has 0 bridgehead atoms. The molecule has 0 aromatic heterocycles. The zero-order valence-electron chi connectivity index (χ0n) is 13.4. The molecule has 2 N–H and O–H groups in total. The molecular formula is C18H28N2O. The van der Waals surface area contributed by atoms with E-state index in [1.807, 2.05) is 13.0 Å². The highest BCUT2D eigenvalue weighted by molar-refractivity contribution is 6.00. The highest BCUT2D eigenvalue weighted by Crippen LogP contribution is 2.23. The van der Waals surface area contributed by atoms with Crippen LogP contribution < -0.4 is 10.6 Å². The van der Waals surface area contributed by atoms with E-state index in [-0.39, 0.29) is 11.8 Å². The van der Waals surface area contributed by atoms with Gasteiger partial charge in [-0.05, 0) is 56.5 Å². The third-order valence-electron chi connectivity index (χ3n) is 4.20. The lowest BCUT2D eigenvalue weighted by atomic mass is 9.97. The van der Waals surface area contributed by atoms with E-state index in [2.05, 4.69) is 29.7 Å². The van der Waals surface area contributed by atoms with Crippen molar-refractivity contribution in [1.29, 1.82) is 0 Å². The summed E-state index contributed by atoms with van der Waals surface area (Å²) in [4.78, 5) is 12.5. The first-order chi connectivity index (χ1) is 10.2. The van der Waals surface area contributed by atoms with Crippen LogP contribution >= 0.6 is 0 Å². The number of carbonyl (C=O) groups is 1. The Morgan fingerprint density at radius 1 is 1.33 bits per heavy atom. The van der Waals surface area contributed by atoms with E-state index in [1.165, 1.54) is 30.5 Å². The van der Waals surface area contributed by atoms with Gasteiger partial charge in [-0.2, -0.15) is 0 Å². The third kappa shape index (κ3) is 4.57. The fourth-order valence-corrected chi connectivity index (χ4v) is 2.84. The van der Waals surface area contributed by atoms with Gasteiger partial charge in [0.1, 0.15) is 0 Å². The molecule has 0 radical (unpaired) electrons. The van der Waals surface area contributed by atoms with Crippen LogP contribution in [0.2, 0.25) is 0 Å². The van der Waals surface area contributed by atoms with Crippen molar-refractivity contribution in [2.75, 3.05) is 18.4 Å². The molecule has 1 aromatic rings. The monoisotopic (exact) mass is 288 g/mol. The van der Waals surface area contributed by atoms with E-state index in [9.17, 15) is 4.79 Å². The van der Waals surface area contributed by atoms with Gasteiger partial charge in [0, 0.05) is 17.8 Å². The van der Waals surface area contributed by atoms with Gasteiger partial charge in [-0.3, -0.25) is 4.79 Å². The molecule has 2 rings (SSSR count). The molecule has 116 valence electrons. The molecule has 1 unspecified atom stereocenters. The van der Waals surface area contributed by atoms with Gasteiger partial charge in [-0.1, -0.05) is 26.2 Å². The fourth-order valence-electron chi connectivity index (χ4n) is 2.84. The Hall–Kier alpha value is -1.35. The maximum atomic E-state index is 12.5. The maximum Gasteiger partial charge on any atom is 0.179 e. The summed E-state index contributed by atoms with van der Waals surface area (Å²) in [6.45, 7) is 6.15. The molecule has 0 saturated heterocycles. The molecule has 21 heavy (non-hydrogen) atoms. The number of hydrogen-bond acceptors (Lipinski definition) is 3. The van der Waals surface area contributed by atoms with E-state index in [0.29, 0.717) is 0 Å². The summed E-state index contributed by atoms with van der Waals surface area (Å²) in [5, 5.41) is 6.74. The second-order valence-electron chi connectivity index (χ2n) is 6.00. The van der Waals surface area contributed by atoms with Gasteiger partial charge in [0.2, 0.25) is 0 Å². The number of Topliss-reactive ketones (excluding diaryl/α,β-unsaturated/α-hetero) is 1. The first kappa shape index (κ1) is 16.0. The summed E-state index contributed by atoms with van der Waals surface area (Å²) in [5.74, 6) is 0.207. The summed E-state index contributed by atoms with van der Waals surface area (Å²) >= 11 is 0. The topological polar surface area (TPSA) is 41.1 Å². The second-order valence-corrected chi connectivity index (χ2v) is 6.00. The summed E-state index contributed by atoms with van der Waals surface area (Å²) in [6, 6.07) is 5.98. The SMILES string of the molecule is CCCCCCNC(C)C(=O)c1ccc2c(c1)CCCN2. The Morgan fingerprint density at radius 2 is 2.19 bits per heavy atom. The Labute approximate surface area is 128 Å². The van der Waals surface area contributed by atoms with Crippen LogP contribution in [-0.4, -0.2) is 24.9 Å². The highest BCUT2D eigenvalue weighted by atomic mass is 16.1. The van der Waals surface area contributed by atoms with Crippen LogP contribution in [0, 0.1) is 0 Å². The first-order valence-corrected chi connectivity index (χ1v) is 8.36. The number of anilines is 1. The quantitative estimate of drug-likeness (QED) is 0.565. The lowest BCUT2D eigenvalue weighted by molar-refractivity contribution is 0.0951. The van der Waals surface area contributed by atoms with E-state index in [0.717, 1.165) is 37.9 Å². The summed E-state index contributed by atoms with van der Waals surface area (Å²) in [6.07, 6.45) is 7.14. The Kier molecular flexibility index (Phi) is 6.24. The van der Waals surface area contributed by atoms with Crippen molar-refractivity contribution in [3.8, 4) is 0 Å².